The van der Waals surface area contributed by atoms with Gasteiger partial charge in [-0.05, 0) is 6.92 Å². The number of esters is 1. The largest absolute Gasteiger partial charge is 0.465 e. The molecule has 1 aromatic rings. The zero-order valence-corrected chi connectivity index (χ0v) is 11.4. The van der Waals surface area contributed by atoms with Crippen molar-refractivity contribution in [2.75, 3.05) is 17.8 Å². The summed E-state index contributed by atoms with van der Waals surface area (Å²) >= 11 is 6.86. The van der Waals surface area contributed by atoms with Gasteiger partial charge in [0.2, 0.25) is 0 Å². The van der Waals surface area contributed by atoms with Crippen LogP contribution in [0.25, 0.3) is 0 Å². The lowest BCUT2D eigenvalue weighted by molar-refractivity contribution is -0.139. The standard InChI is InChI=1S/C8H11ClN4O2S.ClH/c1-2-15-7(14)4-16-8-11-5(9)3-6(12-8)13-10;/h3H,2,4,10H2,1H3,(H,11,12,13);1H. The van der Waals surface area contributed by atoms with Crippen molar-refractivity contribution in [3.63, 3.8) is 0 Å². The van der Waals surface area contributed by atoms with E-state index in [0.717, 1.165) is 11.8 Å². The predicted molar refractivity (Wildman–Crippen MR) is 69.5 cm³/mol. The Balaban J connectivity index is 0.00000256. The Hall–Kier alpha value is -0.760. The monoisotopic (exact) mass is 298 g/mol. The SMILES string of the molecule is CCOC(=O)CSc1nc(Cl)cc(NN)n1.Cl. The number of nitrogens with two attached hydrogens (primary N) is 1. The Bertz CT molecular complexity index is 381. The number of ether oxygens (including phenoxy) is 1. The molecule has 0 fully saturated rings. The van der Waals surface area contributed by atoms with Crippen molar-refractivity contribution in [1.82, 2.24) is 9.97 Å². The highest BCUT2D eigenvalue weighted by Gasteiger charge is 2.07. The number of aromatic nitrogens is 2. The first-order chi connectivity index (χ1) is 7.65. The van der Waals surface area contributed by atoms with E-state index in [4.69, 9.17) is 22.2 Å². The van der Waals surface area contributed by atoms with Crippen LogP contribution in [0.15, 0.2) is 11.2 Å². The van der Waals surface area contributed by atoms with Gasteiger partial charge >= 0.3 is 5.97 Å². The number of hydrazine groups is 1. The van der Waals surface area contributed by atoms with Crippen LogP contribution in [0.2, 0.25) is 5.15 Å². The molecule has 0 radical (unpaired) electrons. The van der Waals surface area contributed by atoms with Crippen molar-refractivity contribution in [2.45, 2.75) is 12.1 Å². The quantitative estimate of drug-likeness (QED) is 0.212. The van der Waals surface area contributed by atoms with Crippen LogP contribution in [0.1, 0.15) is 6.92 Å². The summed E-state index contributed by atoms with van der Waals surface area (Å²) in [4.78, 5) is 19.0. The summed E-state index contributed by atoms with van der Waals surface area (Å²) in [5, 5.41) is 0.628. The fourth-order valence-corrected chi connectivity index (χ4v) is 1.75. The molecule has 1 rings (SSSR count). The lowest BCUT2D eigenvalue weighted by Crippen LogP contribution is -2.10. The average molecular weight is 299 g/mol. The number of hydrogen-bond donors (Lipinski definition) is 2. The Morgan fingerprint density at radius 3 is 2.94 bits per heavy atom. The minimum Gasteiger partial charge on any atom is -0.465 e. The summed E-state index contributed by atoms with van der Waals surface area (Å²) in [5.74, 6) is 5.40. The van der Waals surface area contributed by atoms with Crippen molar-refractivity contribution in [3.8, 4) is 0 Å². The zero-order chi connectivity index (χ0) is 12.0. The number of nitrogen functional groups attached to an aromatic ring is 1. The summed E-state index contributed by atoms with van der Waals surface area (Å²) in [7, 11) is 0. The van der Waals surface area contributed by atoms with Crippen LogP contribution in [-0.2, 0) is 9.53 Å². The number of anilines is 1. The minimum atomic E-state index is -0.321. The third-order valence-electron chi connectivity index (χ3n) is 1.45. The second kappa shape index (κ2) is 8.35. The van der Waals surface area contributed by atoms with Gasteiger partial charge in [0.25, 0.3) is 0 Å². The molecule has 0 atom stereocenters. The maximum atomic E-state index is 11.1. The normalized spacial score (nSPS) is 9.35. The predicted octanol–water partition coefficient (Wildman–Crippen LogP) is 1.49. The van der Waals surface area contributed by atoms with E-state index in [-0.39, 0.29) is 29.3 Å². The van der Waals surface area contributed by atoms with E-state index in [1.54, 1.807) is 6.92 Å². The van der Waals surface area contributed by atoms with Gasteiger partial charge in [0.05, 0.1) is 12.4 Å². The lowest BCUT2D eigenvalue weighted by Gasteiger charge is -2.03. The van der Waals surface area contributed by atoms with Gasteiger partial charge in [0, 0.05) is 6.07 Å². The highest BCUT2D eigenvalue weighted by atomic mass is 35.5. The molecule has 96 valence electrons. The number of nitrogens with one attached hydrogen (secondary N) is 1. The molecule has 0 aliphatic carbocycles. The molecule has 0 saturated heterocycles. The Kier molecular flexibility index (Phi) is 7.98. The van der Waals surface area contributed by atoms with Gasteiger partial charge in [0.15, 0.2) is 5.16 Å². The van der Waals surface area contributed by atoms with E-state index < -0.39 is 0 Å². The molecule has 0 saturated carbocycles. The van der Waals surface area contributed by atoms with Crippen LogP contribution in [0.5, 0.6) is 0 Å². The molecule has 9 heteroatoms. The van der Waals surface area contributed by atoms with Gasteiger partial charge in [-0.1, -0.05) is 23.4 Å². The Labute approximate surface area is 114 Å². The molecule has 0 amide bonds. The van der Waals surface area contributed by atoms with E-state index in [9.17, 15) is 4.79 Å². The topological polar surface area (TPSA) is 90.1 Å². The molecule has 0 aromatic carbocycles. The maximum absolute atomic E-state index is 11.1. The third kappa shape index (κ3) is 5.92. The van der Waals surface area contributed by atoms with Crippen molar-refractivity contribution in [3.05, 3.63) is 11.2 Å². The van der Waals surface area contributed by atoms with E-state index in [0.29, 0.717) is 17.6 Å². The number of carbonyl (C=O) groups excluding carboxylic acids is 1. The van der Waals surface area contributed by atoms with Gasteiger partial charge in [-0.15, -0.1) is 12.4 Å². The number of halogens is 2. The molecule has 3 N–H and O–H groups in total. The number of hydrogen-bond acceptors (Lipinski definition) is 7. The van der Waals surface area contributed by atoms with Crippen molar-refractivity contribution < 1.29 is 9.53 Å². The van der Waals surface area contributed by atoms with Crippen LogP contribution in [0.4, 0.5) is 5.82 Å². The van der Waals surface area contributed by atoms with Gasteiger partial charge < -0.3 is 10.2 Å². The smallest absolute Gasteiger partial charge is 0.316 e. The summed E-state index contributed by atoms with van der Waals surface area (Å²) in [6.45, 7) is 2.10. The third-order valence-corrected chi connectivity index (χ3v) is 2.46. The van der Waals surface area contributed by atoms with Crippen LogP contribution in [-0.4, -0.2) is 28.3 Å². The first-order valence-corrected chi connectivity index (χ1v) is 5.81. The van der Waals surface area contributed by atoms with E-state index >= 15 is 0 Å². The van der Waals surface area contributed by atoms with Gasteiger partial charge in [-0.2, -0.15) is 0 Å². The van der Waals surface area contributed by atoms with E-state index in [2.05, 4.69) is 15.4 Å². The van der Waals surface area contributed by atoms with Crippen molar-refractivity contribution >= 4 is 47.6 Å². The Morgan fingerprint density at radius 1 is 1.65 bits per heavy atom. The van der Waals surface area contributed by atoms with E-state index in [1.165, 1.54) is 6.07 Å². The lowest BCUT2D eigenvalue weighted by atomic mass is 10.6. The molecular formula is C8H12Cl2N4O2S. The second-order valence-corrected chi connectivity index (χ2v) is 3.93. The van der Waals surface area contributed by atoms with Crippen LogP contribution < -0.4 is 11.3 Å². The average Bonchev–Trinajstić information content (AvgIpc) is 2.26. The molecule has 0 aliphatic heterocycles. The molecular weight excluding hydrogens is 287 g/mol. The molecule has 0 aliphatic rings. The fraction of sp³-hybridized carbons (Fsp3) is 0.375. The first-order valence-electron chi connectivity index (χ1n) is 4.45. The summed E-state index contributed by atoms with van der Waals surface area (Å²) in [5.41, 5.74) is 2.36. The minimum absolute atomic E-state index is 0. The Morgan fingerprint density at radius 2 is 2.35 bits per heavy atom. The summed E-state index contributed by atoms with van der Waals surface area (Å²) < 4.78 is 4.76. The fourth-order valence-electron chi connectivity index (χ4n) is 0.861. The number of carbonyl (C=O) groups is 1. The molecule has 17 heavy (non-hydrogen) atoms. The molecule has 0 spiro atoms. The maximum Gasteiger partial charge on any atom is 0.316 e. The first kappa shape index (κ1) is 16.2. The second-order valence-electron chi connectivity index (χ2n) is 2.60. The molecule has 1 aromatic heterocycles. The molecule has 1 heterocycles. The highest BCUT2D eigenvalue weighted by Crippen LogP contribution is 2.18. The molecule has 0 bridgehead atoms. The van der Waals surface area contributed by atoms with Crippen LogP contribution >= 0.6 is 35.8 Å². The van der Waals surface area contributed by atoms with Crippen molar-refractivity contribution in [1.29, 1.82) is 0 Å². The van der Waals surface area contributed by atoms with Crippen LogP contribution in [0, 0.1) is 0 Å². The number of nitrogens with zero attached hydrogens (tertiary/aromatic N) is 2. The summed E-state index contributed by atoms with van der Waals surface area (Å²) in [6.07, 6.45) is 0. The highest BCUT2D eigenvalue weighted by molar-refractivity contribution is 7.99. The van der Waals surface area contributed by atoms with Gasteiger partial charge in [-0.25, -0.2) is 15.8 Å². The van der Waals surface area contributed by atoms with Gasteiger partial charge in [0.1, 0.15) is 11.0 Å². The summed E-state index contributed by atoms with van der Waals surface area (Å²) in [6, 6.07) is 1.48. The number of rotatable bonds is 5. The zero-order valence-electron chi connectivity index (χ0n) is 8.97. The van der Waals surface area contributed by atoms with E-state index in [1.807, 2.05) is 0 Å². The van der Waals surface area contributed by atoms with Crippen LogP contribution in [0.3, 0.4) is 0 Å². The molecule has 6 nitrogen and oxygen atoms in total. The van der Waals surface area contributed by atoms with Gasteiger partial charge in [-0.3, -0.25) is 4.79 Å². The molecule has 0 unspecified atom stereocenters. The van der Waals surface area contributed by atoms with Crippen molar-refractivity contribution in [2.24, 2.45) is 5.84 Å². The number of thioether (sulfide) groups is 1.